The molecule has 0 fully saturated rings. The number of fused-ring (bicyclic) bond motifs is 1. The van der Waals surface area contributed by atoms with E-state index in [0.29, 0.717) is 6.54 Å². The smallest absolute Gasteiger partial charge is 0.0609 e. The SMILES string of the molecule is ONCc1cc2ccccc2[nH]1. The molecule has 3 heteroatoms. The van der Waals surface area contributed by atoms with Gasteiger partial charge in [-0.15, -0.1) is 0 Å². The van der Waals surface area contributed by atoms with Crippen LogP contribution in [0.4, 0.5) is 0 Å². The summed E-state index contributed by atoms with van der Waals surface area (Å²) in [6.45, 7) is 0.453. The van der Waals surface area contributed by atoms with Crippen molar-refractivity contribution in [3.05, 3.63) is 36.0 Å². The van der Waals surface area contributed by atoms with Crippen LogP contribution in [0, 0.1) is 0 Å². The minimum absolute atomic E-state index is 0.453. The van der Waals surface area contributed by atoms with E-state index in [0.717, 1.165) is 11.2 Å². The first kappa shape index (κ1) is 7.34. The molecule has 0 saturated carbocycles. The molecule has 0 aliphatic heterocycles. The minimum atomic E-state index is 0.453. The highest BCUT2D eigenvalue weighted by Crippen LogP contribution is 2.13. The van der Waals surface area contributed by atoms with E-state index < -0.39 is 0 Å². The molecule has 2 rings (SSSR count). The van der Waals surface area contributed by atoms with Gasteiger partial charge in [-0.3, -0.25) is 0 Å². The predicted molar refractivity (Wildman–Crippen MR) is 46.9 cm³/mol. The predicted octanol–water partition coefficient (Wildman–Crippen LogP) is 1.65. The average Bonchev–Trinajstić information content (AvgIpc) is 2.47. The van der Waals surface area contributed by atoms with Crippen LogP contribution in [-0.4, -0.2) is 10.2 Å². The number of hydrogen-bond donors (Lipinski definition) is 3. The summed E-state index contributed by atoms with van der Waals surface area (Å²) in [5.74, 6) is 0. The van der Waals surface area contributed by atoms with Crippen molar-refractivity contribution in [1.29, 1.82) is 0 Å². The average molecular weight is 162 g/mol. The van der Waals surface area contributed by atoms with E-state index in [1.807, 2.05) is 30.3 Å². The van der Waals surface area contributed by atoms with Gasteiger partial charge >= 0.3 is 0 Å². The summed E-state index contributed by atoms with van der Waals surface area (Å²) < 4.78 is 0. The van der Waals surface area contributed by atoms with Gasteiger partial charge in [-0.05, 0) is 17.5 Å². The van der Waals surface area contributed by atoms with Crippen LogP contribution < -0.4 is 5.48 Å². The zero-order valence-electron chi connectivity index (χ0n) is 6.54. The Hall–Kier alpha value is -1.32. The van der Waals surface area contributed by atoms with Crippen LogP contribution in [0.15, 0.2) is 30.3 Å². The third-order valence-corrected chi connectivity index (χ3v) is 1.86. The van der Waals surface area contributed by atoms with Crippen LogP contribution in [0.5, 0.6) is 0 Å². The lowest BCUT2D eigenvalue weighted by Crippen LogP contribution is -2.05. The molecule has 0 aliphatic rings. The van der Waals surface area contributed by atoms with Crippen molar-refractivity contribution in [2.45, 2.75) is 6.54 Å². The molecule has 1 aromatic heterocycles. The van der Waals surface area contributed by atoms with E-state index in [2.05, 4.69) is 10.5 Å². The Balaban J connectivity index is 2.47. The number of hydroxylamine groups is 1. The summed E-state index contributed by atoms with van der Waals surface area (Å²) in [6, 6.07) is 10.0. The molecule has 1 heterocycles. The molecule has 3 nitrogen and oxygen atoms in total. The topological polar surface area (TPSA) is 48.0 Å². The monoisotopic (exact) mass is 162 g/mol. The molecule has 3 N–H and O–H groups in total. The van der Waals surface area contributed by atoms with Crippen molar-refractivity contribution >= 4 is 10.9 Å². The lowest BCUT2D eigenvalue weighted by Gasteiger charge is -1.90. The van der Waals surface area contributed by atoms with Gasteiger partial charge in [0.15, 0.2) is 0 Å². The van der Waals surface area contributed by atoms with Crippen molar-refractivity contribution in [3.8, 4) is 0 Å². The standard InChI is InChI=1S/C9H10N2O/c12-10-6-8-5-7-3-1-2-4-9(7)11-8/h1-5,10-12H,6H2. The van der Waals surface area contributed by atoms with Crippen LogP contribution in [0.3, 0.4) is 0 Å². The highest BCUT2D eigenvalue weighted by molar-refractivity contribution is 5.80. The number of aromatic nitrogens is 1. The molecule has 0 aliphatic carbocycles. The first-order chi connectivity index (χ1) is 5.90. The summed E-state index contributed by atoms with van der Waals surface area (Å²) in [6.07, 6.45) is 0. The number of nitrogens with one attached hydrogen (secondary N) is 2. The number of rotatable bonds is 2. The molecule has 0 radical (unpaired) electrons. The third kappa shape index (κ3) is 1.20. The van der Waals surface area contributed by atoms with Gasteiger partial charge in [0.05, 0.1) is 6.54 Å². The number of hydrogen-bond acceptors (Lipinski definition) is 2. The summed E-state index contributed by atoms with van der Waals surface area (Å²) >= 11 is 0. The molecule has 0 amide bonds. The van der Waals surface area contributed by atoms with Gasteiger partial charge in [0.1, 0.15) is 0 Å². The maximum atomic E-state index is 8.47. The van der Waals surface area contributed by atoms with E-state index >= 15 is 0 Å². The molecular weight excluding hydrogens is 152 g/mol. The van der Waals surface area contributed by atoms with Gasteiger partial charge in [0, 0.05) is 11.2 Å². The Kier molecular flexibility index (Phi) is 1.81. The summed E-state index contributed by atoms with van der Waals surface area (Å²) in [5.41, 5.74) is 4.20. The summed E-state index contributed by atoms with van der Waals surface area (Å²) in [4.78, 5) is 3.17. The lowest BCUT2D eigenvalue weighted by molar-refractivity contribution is 0.160. The van der Waals surface area contributed by atoms with Crippen LogP contribution >= 0.6 is 0 Å². The van der Waals surface area contributed by atoms with Crippen LogP contribution in [0.25, 0.3) is 10.9 Å². The van der Waals surface area contributed by atoms with Gasteiger partial charge in [0.25, 0.3) is 0 Å². The molecule has 62 valence electrons. The Morgan fingerprint density at radius 2 is 2.17 bits per heavy atom. The van der Waals surface area contributed by atoms with E-state index in [1.54, 1.807) is 0 Å². The summed E-state index contributed by atoms with van der Waals surface area (Å²) in [7, 11) is 0. The van der Waals surface area contributed by atoms with Crippen LogP contribution in [0.2, 0.25) is 0 Å². The van der Waals surface area contributed by atoms with Gasteiger partial charge < -0.3 is 10.2 Å². The van der Waals surface area contributed by atoms with Crippen LogP contribution in [-0.2, 0) is 6.54 Å². The first-order valence-corrected chi connectivity index (χ1v) is 3.84. The third-order valence-electron chi connectivity index (χ3n) is 1.86. The van der Waals surface area contributed by atoms with Crippen molar-refractivity contribution in [3.63, 3.8) is 0 Å². The van der Waals surface area contributed by atoms with Gasteiger partial charge in [0.2, 0.25) is 0 Å². The molecule has 0 atom stereocenters. The van der Waals surface area contributed by atoms with E-state index in [9.17, 15) is 0 Å². The highest BCUT2D eigenvalue weighted by atomic mass is 16.5. The second-order valence-electron chi connectivity index (χ2n) is 2.72. The Bertz CT molecular complexity index is 348. The van der Waals surface area contributed by atoms with Crippen molar-refractivity contribution in [1.82, 2.24) is 10.5 Å². The van der Waals surface area contributed by atoms with Gasteiger partial charge in [-0.2, -0.15) is 5.48 Å². The Labute approximate surface area is 70.0 Å². The largest absolute Gasteiger partial charge is 0.357 e. The quantitative estimate of drug-likeness (QED) is 0.588. The van der Waals surface area contributed by atoms with Crippen molar-refractivity contribution in [2.75, 3.05) is 0 Å². The Morgan fingerprint density at radius 1 is 1.33 bits per heavy atom. The molecule has 12 heavy (non-hydrogen) atoms. The second-order valence-corrected chi connectivity index (χ2v) is 2.72. The normalized spacial score (nSPS) is 10.8. The fourth-order valence-corrected chi connectivity index (χ4v) is 1.31. The number of benzene rings is 1. The molecule has 0 bridgehead atoms. The van der Waals surface area contributed by atoms with E-state index in [-0.39, 0.29) is 0 Å². The summed E-state index contributed by atoms with van der Waals surface area (Å²) in [5, 5.41) is 9.64. The Morgan fingerprint density at radius 3 is 2.92 bits per heavy atom. The van der Waals surface area contributed by atoms with Crippen molar-refractivity contribution < 1.29 is 5.21 Å². The first-order valence-electron chi connectivity index (χ1n) is 3.84. The fraction of sp³-hybridized carbons (Fsp3) is 0.111. The zero-order valence-corrected chi connectivity index (χ0v) is 6.54. The van der Waals surface area contributed by atoms with Crippen LogP contribution in [0.1, 0.15) is 5.69 Å². The van der Waals surface area contributed by atoms with Gasteiger partial charge in [-0.25, -0.2) is 0 Å². The second kappa shape index (κ2) is 2.97. The number of aromatic amines is 1. The maximum absolute atomic E-state index is 8.47. The molecule has 0 saturated heterocycles. The minimum Gasteiger partial charge on any atom is -0.357 e. The highest BCUT2D eigenvalue weighted by Gasteiger charge is 1.97. The zero-order chi connectivity index (χ0) is 8.39. The number of H-pyrrole nitrogens is 1. The molecule has 1 aromatic carbocycles. The molecule has 0 unspecified atom stereocenters. The maximum Gasteiger partial charge on any atom is 0.0609 e. The fourth-order valence-electron chi connectivity index (χ4n) is 1.31. The van der Waals surface area contributed by atoms with Crippen molar-refractivity contribution in [2.24, 2.45) is 0 Å². The lowest BCUT2D eigenvalue weighted by atomic mass is 10.2. The molecular formula is C9H10N2O. The molecule has 2 aromatic rings. The number of para-hydroxylation sites is 1. The van der Waals surface area contributed by atoms with E-state index in [1.165, 1.54) is 5.39 Å². The molecule has 0 spiro atoms. The van der Waals surface area contributed by atoms with Gasteiger partial charge in [-0.1, -0.05) is 18.2 Å². The van der Waals surface area contributed by atoms with E-state index in [4.69, 9.17) is 5.21 Å².